The zero-order valence-corrected chi connectivity index (χ0v) is 14.2. The number of aliphatic hydroxyl groups is 1. The molecule has 1 atom stereocenters. The third-order valence-corrected chi connectivity index (χ3v) is 4.33. The summed E-state index contributed by atoms with van der Waals surface area (Å²) in [4.78, 5) is 0. The zero-order valence-electron chi connectivity index (χ0n) is 12.6. The van der Waals surface area contributed by atoms with E-state index < -0.39 is 6.10 Å². The van der Waals surface area contributed by atoms with E-state index in [0.29, 0.717) is 11.9 Å². The SMILES string of the molecule is C=C1C=Cc2c([C@@H](O)CBr)ccc(OCc3ccccc3)c2N1. The first-order chi connectivity index (χ1) is 11.2. The predicted molar refractivity (Wildman–Crippen MR) is 97.8 cm³/mol. The van der Waals surface area contributed by atoms with Gasteiger partial charge in [0.15, 0.2) is 0 Å². The minimum absolute atomic E-state index is 0.485. The fourth-order valence-corrected chi connectivity index (χ4v) is 2.89. The number of benzene rings is 2. The van der Waals surface area contributed by atoms with E-state index in [1.54, 1.807) is 0 Å². The first-order valence-corrected chi connectivity index (χ1v) is 8.53. The van der Waals surface area contributed by atoms with Crippen LogP contribution in [0.15, 0.2) is 60.8 Å². The lowest BCUT2D eigenvalue weighted by molar-refractivity contribution is 0.205. The van der Waals surface area contributed by atoms with Crippen molar-refractivity contribution in [2.24, 2.45) is 0 Å². The summed E-state index contributed by atoms with van der Waals surface area (Å²) >= 11 is 3.33. The Bertz CT molecular complexity index is 741. The first-order valence-electron chi connectivity index (χ1n) is 7.40. The molecule has 0 aromatic heterocycles. The van der Waals surface area contributed by atoms with E-state index in [0.717, 1.165) is 33.8 Å². The van der Waals surface area contributed by atoms with Crippen molar-refractivity contribution in [1.29, 1.82) is 0 Å². The lowest BCUT2D eigenvalue weighted by Gasteiger charge is -2.23. The first kappa shape index (κ1) is 15.8. The van der Waals surface area contributed by atoms with Crippen LogP contribution in [0.25, 0.3) is 6.08 Å². The summed E-state index contributed by atoms with van der Waals surface area (Å²) in [5.41, 5.74) is 4.56. The molecule has 0 saturated carbocycles. The molecule has 118 valence electrons. The van der Waals surface area contributed by atoms with Crippen LogP contribution < -0.4 is 10.1 Å². The Morgan fingerprint density at radius 1 is 1.13 bits per heavy atom. The number of alkyl halides is 1. The van der Waals surface area contributed by atoms with Gasteiger partial charge in [-0.3, -0.25) is 0 Å². The Balaban J connectivity index is 1.92. The van der Waals surface area contributed by atoms with Crippen molar-refractivity contribution in [3.63, 3.8) is 0 Å². The Morgan fingerprint density at radius 2 is 1.91 bits per heavy atom. The molecule has 0 aliphatic carbocycles. The van der Waals surface area contributed by atoms with Gasteiger partial charge in [0.1, 0.15) is 12.4 Å². The summed E-state index contributed by atoms with van der Waals surface area (Å²) in [6.45, 7) is 4.43. The number of aliphatic hydroxyl groups excluding tert-OH is 1. The quantitative estimate of drug-likeness (QED) is 0.751. The van der Waals surface area contributed by atoms with E-state index in [-0.39, 0.29) is 0 Å². The van der Waals surface area contributed by atoms with Crippen molar-refractivity contribution < 1.29 is 9.84 Å². The van der Waals surface area contributed by atoms with Crippen LogP contribution >= 0.6 is 15.9 Å². The third-order valence-electron chi connectivity index (χ3n) is 3.72. The second kappa shape index (κ2) is 7.02. The monoisotopic (exact) mass is 371 g/mol. The summed E-state index contributed by atoms with van der Waals surface area (Å²) in [5, 5.41) is 13.9. The molecular formula is C19H18BrNO2. The maximum Gasteiger partial charge on any atom is 0.143 e. The molecule has 23 heavy (non-hydrogen) atoms. The van der Waals surface area contributed by atoms with Crippen molar-refractivity contribution in [3.8, 4) is 5.75 Å². The number of anilines is 1. The summed E-state index contributed by atoms with van der Waals surface area (Å²) in [6, 6.07) is 13.8. The number of rotatable bonds is 5. The summed E-state index contributed by atoms with van der Waals surface area (Å²) in [6.07, 6.45) is 3.29. The zero-order chi connectivity index (χ0) is 16.2. The smallest absolute Gasteiger partial charge is 0.143 e. The largest absolute Gasteiger partial charge is 0.487 e. The Labute approximate surface area is 144 Å². The highest BCUT2D eigenvalue weighted by atomic mass is 79.9. The molecule has 0 unspecified atom stereocenters. The molecule has 0 bridgehead atoms. The van der Waals surface area contributed by atoms with Gasteiger partial charge in [-0.1, -0.05) is 65.0 Å². The summed E-state index contributed by atoms with van der Waals surface area (Å²) in [7, 11) is 0. The van der Waals surface area contributed by atoms with Gasteiger partial charge in [0, 0.05) is 16.6 Å². The van der Waals surface area contributed by atoms with Crippen molar-refractivity contribution in [3.05, 3.63) is 77.5 Å². The third kappa shape index (κ3) is 3.49. The molecule has 0 fully saturated rings. The van der Waals surface area contributed by atoms with Gasteiger partial charge in [-0.25, -0.2) is 0 Å². The van der Waals surface area contributed by atoms with E-state index in [2.05, 4.69) is 27.8 Å². The molecule has 3 nitrogen and oxygen atoms in total. The van der Waals surface area contributed by atoms with Crippen molar-refractivity contribution in [2.45, 2.75) is 12.7 Å². The average Bonchev–Trinajstić information content (AvgIpc) is 2.59. The fourth-order valence-electron chi connectivity index (χ4n) is 2.54. The van der Waals surface area contributed by atoms with Crippen LogP contribution in [0.1, 0.15) is 22.8 Å². The van der Waals surface area contributed by atoms with E-state index in [1.807, 2.05) is 54.6 Å². The molecule has 3 rings (SSSR count). The second-order valence-corrected chi connectivity index (χ2v) is 6.02. The second-order valence-electron chi connectivity index (χ2n) is 5.37. The maximum absolute atomic E-state index is 10.2. The normalized spacial score (nSPS) is 14.1. The van der Waals surface area contributed by atoms with Gasteiger partial charge in [0.2, 0.25) is 0 Å². The van der Waals surface area contributed by atoms with Crippen LogP contribution in [0.5, 0.6) is 5.75 Å². The Morgan fingerprint density at radius 3 is 2.65 bits per heavy atom. The van der Waals surface area contributed by atoms with Gasteiger partial charge >= 0.3 is 0 Å². The van der Waals surface area contributed by atoms with Crippen LogP contribution in [0.2, 0.25) is 0 Å². The van der Waals surface area contributed by atoms with Crippen molar-refractivity contribution >= 4 is 27.7 Å². The standard InChI is InChI=1S/C19H18BrNO2/c1-13-7-8-16-15(17(22)11-20)9-10-18(19(16)21-13)23-12-14-5-3-2-4-6-14/h2-10,17,21-22H,1,11-12H2/t17-/m0/s1. The number of allylic oxidation sites excluding steroid dienone is 1. The van der Waals surface area contributed by atoms with E-state index in [1.165, 1.54) is 0 Å². The minimum Gasteiger partial charge on any atom is -0.487 e. The summed E-state index contributed by atoms with van der Waals surface area (Å²) < 4.78 is 5.98. The van der Waals surface area contributed by atoms with Crippen molar-refractivity contribution in [2.75, 3.05) is 10.6 Å². The van der Waals surface area contributed by atoms with Gasteiger partial charge in [0.25, 0.3) is 0 Å². The molecule has 1 aliphatic heterocycles. The van der Waals surface area contributed by atoms with E-state index >= 15 is 0 Å². The van der Waals surface area contributed by atoms with Crippen molar-refractivity contribution in [1.82, 2.24) is 0 Å². The highest BCUT2D eigenvalue weighted by Gasteiger charge is 2.19. The molecule has 1 aliphatic rings. The minimum atomic E-state index is -0.565. The number of hydrogen-bond donors (Lipinski definition) is 2. The van der Waals surface area contributed by atoms with E-state index in [9.17, 15) is 5.11 Å². The highest BCUT2D eigenvalue weighted by molar-refractivity contribution is 9.09. The molecule has 2 N–H and O–H groups in total. The Kier molecular flexibility index (Phi) is 4.84. The van der Waals surface area contributed by atoms with Gasteiger partial charge in [-0.05, 0) is 23.3 Å². The highest BCUT2D eigenvalue weighted by Crippen LogP contribution is 2.39. The number of nitrogens with one attached hydrogen (secondary N) is 1. The van der Waals surface area contributed by atoms with Crippen LogP contribution in [-0.4, -0.2) is 10.4 Å². The van der Waals surface area contributed by atoms with Crippen LogP contribution in [0, 0.1) is 0 Å². The molecular weight excluding hydrogens is 354 g/mol. The van der Waals surface area contributed by atoms with Gasteiger partial charge in [-0.15, -0.1) is 0 Å². The summed E-state index contributed by atoms with van der Waals surface area (Å²) in [5.74, 6) is 0.750. The molecule has 4 heteroatoms. The lowest BCUT2D eigenvalue weighted by atomic mass is 9.97. The maximum atomic E-state index is 10.2. The predicted octanol–water partition coefficient (Wildman–Crippen LogP) is 4.65. The van der Waals surface area contributed by atoms with Crippen LogP contribution in [0.3, 0.4) is 0 Å². The van der Waals surface area contributed by atoms with Gasteiger partial charge in [0.05, 0.1) is 11.8 Å². The van der Waals surface area contributed by atoms with Gasteiger partial charge < -0.3 is 15.2 Å². The number of fused-ring (bicyclic) bond motifs is 1. The molecule has 1 heterocycles. The van der Waals surface area contributed by atoms with Crippen LogP contribution in [0.4, 0.5) is 5.69 Å². The Hall–Kier alpha value is -2.04. The molecule has 2 aromatic rings. The topological polar surface area (TPSA) is 41.5 Å². The molecule has 0 saturated heterocycles. The fraction of sp³-hybridized carbons (Fsp3) is 0.158. The number of ether oxygens (including phenoxy) is 1. The van der Waals surface area contributed by atoms with Crippen LogP contribution in [-0.2, 0) is 6.61 Å². The number of halogens is 1. The van der Waals surface area contributed by atoms with Gasteiger partial charge in [-0.2, -0.15) is 0 Å². The molecule has 0 radical (unpaired) electrons. The molecule has 0 amide bonds. The average molecular weight is 372 g/mol. The number of hydrogen-bond acceptors (Lipinski definition) is 3. The van der Waals surface area contributed by atoms with E-state index in [4.69, 9.17) is 4.74 Å². The lowest BCUT2D eigenvalue weighted by Crippen LogP contribution is -2.10. The molecule has 2 aromatic carbocycles. The molecule has 0 spiro atoms.